The van der Waals surface area contributed by atoms with Gasteiger partial charge in [-0.05, 0) is 42.2 Å². The number of hydrogen-bond acceptors (Lipinski definition) is 2. The largest absolute Gasteiger partial charge is 0.478 e. The van der Waals surface area contributed by atoms with Crippen LogP contribution in [0.1, 0.15) is 54.9 Å². The summed E-state index contributed by atoms with van der Waals surface area (Å²) in [6.07, 6.45) is 9.56. The van der Waals surface area contributed by atoms with Crippen molar-refractivity contribution in [3.8, 4) is 22.4 Å². The lowest BCUT2D eigenvalue weighted by Crippen LogP contribution is -1.95. The highest BCUT2D eigenvalue weighted by Crippen LogP contribution is 2.23. The molecule has 3 heteroatoms. The Balaban J connectivity index is 1.62. The van der Waals surface area contributed by atoms with E-state index in [0.29, 0.717) is 0 Å². The van der Waals surface area contributed by atoms with Crippen LogP contribution in [0.3, 0.4) is 0 Å². The van der Waals surface area contributed by atoms with E-state index in [2.05, 4.69) is 42.2 Å². The Morgan fingerprint density at radius 3 is 2.04 bits per heavy atom. The number of hydrogen-bond donors (Lipinski definition) is 1. The summed E-state index contributed by atoms with van der Waals surface area (Å²) in [4.78, 5) is 15.5. The van der Waals surface area contributed by atoms with Crippen molar-refractivity contribution in [2.75, 3.05) is 0 Å². The summed E-state index contributed by atoms with van der Waals surface area (Å²) in [5, 5.41) is 8.99. The molecule has 0 atom stereocenters. The van der Waals surface area contributed by atoms with Crippen molar-refractivity contribution in [1.29, 1.82) is 0 Å². The molecule has 0 radical (unpaired) electrons. The van der Waals surface area contributed by atoms with Crippen molar-refractivity contribution in [1.82, 2.24) is 4.98 Å². The molecule has 0 fully saturated rings. The van der Waals surface area contributed by atoms with Crippen LogP contribution in [0.4, 0.5) is 0 Å². The number of pyridine rings is 1. The zero-order valence-corrected chi connectivity index (χ0v) is 16.4. The van der Waals surface area contributed by atoms with E-state index >= 15 is 0 Å². The van der Waals surface area contributed by atoms with Gasteiger partial charge < -0.3 is 5.11 Å². The highest BCUT2D eigenvalue weighted by molar-refractivity contribution is 5.88. The van der Waals surface area contributed by atoms with E-state index in [0.717, 1.165) is 28.8 Å². The van der Waals surface area contributed by atoms with Gasteiger partial charge >= 0.3 is 5.97 Å². The van der Waals surface area contributed by atoms with Gasteiger partial charge in [0.25, 0.3) is 0 Å². The minimum Gasteiger partial charge on any atom is -0.478 e. The van der Waals surface area contributed by atoms with Crippen molar-refractivity contribution in [3.05, 3.63) is 78.0 Å². The van der Waals surface area contributed by atoms with Crippen LogP contribution in [0.15, 0.2) is 66.9 Å². The summed E-state index contributed by atoms with van der Waals surface area (Å²) in [7, 11) is 0. The second-order valence-electron chi connectivity index (χ2n) is 7.18. The molecule has 0 unspecified atom stereocenters. The molecule has 144 valence electrons. The van der Waals surface area contributed by atoms with E-state index in [-0.39, 0.29) is 5.56 Å². The number of carboxylic acids is 1. The zero-order valence-electron chi connectivity index (χ0n) is 16.4. The second-order valence-corrected chi connectivity index (χ2v) is 7.18. The first kappa shape index (κ1) is 19.8. The molecule has 1 aromatic heterocycles. The number of benzene rings is 2. The number of aromatic nitrogens is 1. The lowest BCUT2D eigenvalue weighted by molar-refractivity contribution is 0.0697. The Kier molecular flexibility index (Phi) is 6.96. The van der Waals surface area contributed by atoms with Crippen LogP contribution in [-0.2, 0) is 6.42 Å². The first-order valence-corrected chi connectivity index (χ1v) is 10.1. The normalized spacial score (nSPS) is 10.8. The van der Waals surface area contributed by atoms with Gasteiger partial charge in [0, 0.05) is 17.3 Å². The van der Waals surface area contributed by atoms with Gasteiger partial charge in [-0.25, -0.2) is 4.79 Å². The third-order valence-corrected chi connectivity index (χ3v) is 5.05. The molecule has 3 nitrogen and oxygen atoms in total. The number of carboxylic acid groups (broad SMARTS) is 1. The van der Waals surface area contributed by atoms with E-state index in [1.54, 1.807) is 24.3 Å². The summed E-state index contributed by atoms with van der Waals surface area (Å²) in [5.74, 6) is -0.917. The Labute approximate surface area is 167 Å². The summed E-state index contributed by atoms with van der Waals surface area (Å²) < 4.78 is 0. The maximum Gasteiger partial charge on any atom is 0.335 e. The van der Waals surface area contributed by atoms with Crippen LogP contribution in [-0.4, -0.2) is 16.1 Å². The van der Waals surface area contributed by atoms with Crippen molar-refractivity contribution in [2.24, 2.45) is 0 Å². The maximum absolute atomic E-state index is 11.0. The SMILES string of the molecule is CCCCCCCc1ccc(-c2ccc(-c3ccc(C(=O)O)cc3)nc2)cc1. The molecule has 28 heavy (non-hydrogen) atoms. The van der Waals surface area contributed by atoms with E-state index in [1.165, 1.54) is 37.7 Å². The third-order valence-electron chi connectivity index (χ3n) is 5.05. The number of nitrogens with zero attached hydrogens (tertiary/aromatic N) is 1. The molecule has 0 saturated carbocycles. The van der Waals surface area contributed by atoms with Gasteiger partial charge in [-0.2, -0.15) is 0 Å². The Morgan fingerprint density at radius 2 is 1.43 bits per heavy atom. The van der Waals surface area contributed by atoms with Crippen molar-refractivity contribution < 1.29 is 9.90 Å². The van der Waals surface area contributed by atoms with E-state index < -0.39 is 5.97 Å². The molecule has 0 aliphatic rings. The van der Waals surface area contributed by atoms with Gasteiger partial charge in [0.15, 0.2) is 0 Å². The van der Waals surface area contributed by atoms with Crippen molar-refractivity contribution in [3.63, 3.8) is 0 Å². The topological polar surface area (TPSA) is 50.2 Å². The summed E-state index contributed by atoms with van der Waals surface area (Å²) in [6.45, 7) is 2.25. The first-order valence-electron chi connectivity index (χ1n) is 10.1. The predicted octanol–water partition coefficient (Wildman–Crippen LogP) is 6.63. The monoisotopic (exact) mass is 373 g/mol. The molecule has 0 saturated heterocycles. The number of rotatable bonds is 9. The lowest BCUT2D eigenvalue weighted by Gasteiger charge is -2.06. The van der Waals surface area contributed by atoms with Crippen LogP contribution in [0.25, 0.3) is 22.4 Å². The van der Waals surface area contributed by atoms with Crippen molar-refractivity contribution >= 4 is 5.97 Å². The zero-order chi connectivity index (χ0) is 19.8. The fraction of sp³-hybridized carbons (Fsp3) is 0.280. The second kappa shape index (κ2) is 9.84. The van der Waals surface area contributed by atoms with E-state index in [9.17, 15) is 4.79 Å². The van der Waals surface area contributed by atoms with Crippen LogP contribution >= 0.6 is 0 Å². The van der Waals surface area contributed by atoms with Gasteiger partial charge in [-0.1, -0.05) is 75.1 Å². The Morgan fingerprint density at radius 1 is 0.786 bits per heavy atom. The van der Waals surface area contributed by atoms with Gasteiger partial charge in [0.2, 0.25) is 0 Å². The number of aryl methyl sites for hydroxylation is 1. The van der Waals surface area contributed by atoms with Gasteiger partial charge in [0.05, 0.1) is 11.3 Å². The van der Waals surface area contributed by atoms with Gasteiger partial charge in [-0.15, -0.1) is 0 Å². The fourth-order valence-corrected chi connectivity index (χ4v) is 3.32. The Bertz CT molecular complexity index is 881. The first-order chi connectivity index (χ1) is 13.7. The molecule has 3 rings (SSSR count). The maximum atomic E-state index is 11.0. The standard InChI is InChI=1S/C25H27NO2/c1-2-3-4-5-6-7-19-8-10-20(11-9-19)23-16-17-24(26-18-23)21-12-14-22(15-13-21)25(27)28/h8-18H,2-7H2,1H3,(H,27,28). The van der Waals surface area contributed by atoms with Crippen LogP contribution < -0.4 is 0 Å². The minimum absolute atomic E-state index is 0.283. The molecule has 0 aliphatic carbocycles. The highest BCUT2D eigenvalue weighted by Gasteiger charge is 2.05. The average Bonchev–Trinajstić information content (AvgIpc) is 2.74. The van der Waals surface area contributed by atoms with Crippen LogP contribution in [0.5, 0.6) is 0 Å². The highest BCUT2D eigenvalue weighted by atomic mass is 16.4. The third kappa shape index (κ3) is 5.29. The quantitative estimate of drug-likeness (QED) is 0.428. The van der Waals surface area contributed by atoms with E-state index in [4.69, 9.17) is 5.11 Å². The smallest absolute Gasteiger partial charge is 0.335 e. The average molecular weight is 373 g/mol. The molecule has 0 amide bonds. The molecule has 2 aromatic carbocycles. The summed E-state index contributed by atoms with van der Waals surface area (Å²) in [5.41, 5.74) is 5.67. The van der Waals surface area contributed by atoms with E-state index in [1.807, 2.05) is 12.3 Å². The molecule has 1 N–H and O–H groups in total. The number of carbonyl (C=O) groups is 1. The molecular formula is C25H27NO2. The van der Waals surface area contributed by atoms with Crippen molar-refractivity contribution in [2.45, 2.75) is 45.4 Å². The summed E-state index contributed by atoms with van der Waals surface area (Å²) in [6, 6.07) is 19.6. The fourth-order valence-electron chi connectivity index (χ4n) is 3.32. The molecule has 3 aromatic rings. The molecule has 0 spiro atoms. The minimum atomic E-state index is -0.917. The number of aromatic carboxylic acids is 1. The van der Waals surface area contributed by atoms with Crippen LogP contribution in [0.2, 0.25) is 0 Å². The summed E-state index contributed by atoms with van der Waals surface area (Å²) >= 11 is 0. The molecular weight excluding hydrogens is 346 g/mol. The Hall–Kier alpha value is -2.94. The molecule has 0 aliphatic heterocycles. The lowest BCUT2D eigenvalue weighted by atomic mass is 10.0. The van der Waals surface area contributed by atoms with Crippen LogP contribution in [0, 0.1) is 0 Å². The predicted molar refractivity (Wildman–Crippen MR) is 115 cm³/mol. The molecule has 0 bridgehead atoms. The van der Waals surface area contributed by atoms with Gasteiger partial charge in [-0.3, -0.25) is 4.98 Å². The number of unbranched alkanes of at least 4 members (excludes halogenated alkanes) is 4. The van der Waals surface area contributed by atoms with Gasteiger partial charge in [0.1, 0.15) is 0 Å². The molecule has 1 heterocycles.